The van der Waals surface area contributed by atoms with Gasteiger partial charge in [0, 0.05) is 11.1 Å². The first-order chi connectivity index (χ1) is 6.74. The first kappa shape index (κ1) is 11.7. The molecular formula is C11H15BrO2. The Kier molecular flexibility index (Phi) is 5.15. The summed E-state index contributed by atoms with van der Waals surface area (Å²) in [5.41, 5.74) is 2.64. The van der Waals surface area contributed by atoms with E-state index in [1.807, 2.05) is 6.07 Å². The van der Waals surface area contributed by atoms with E-state index in [1.165, 1.54) is 11.1 Å². The number of hydrogen-bond acceptors (Lipinski definition) is 2. The Labute approximate surface area is 93.0 Å². The predicted octanol–water partition coefficient (Wildman–Crippen LogP) is 2.66. The number of rotatable bonds is 5. The Morgan fingerprint density at radius 3 is 2.93 bits per heavy atom. The third-order valence-corrected chi connectivity index (χ3v) is 2.63. The van der Waals surface area contributed by atoms with Crippen molar-refractivity contribution in [1.29, 1.82) is 0 Å². The van der Waals surface area contributed by atoms with E-state index in [0.29, 0.717) is 6.61 Å². The second-order valence-electron chi connectivity index (χ2n) is 3.21. The van der Waals surface area contributed by atoms with E-state index < -0.39 is 0 Å². The first-order valence-corrected chi connectivity index (χ1v) is 5.47. The molecule has 0 aliphatic rings. The minimum atomic E-state index is -0.183. The van der Waals surface area contributed by atoms with Gasteiger partial charge < -0.3 is 9.84 Å². The topological polar surface area (TPSA) is 29.5 Å². The van der Waals surface area contributed by atoms with Gasteiger partial charge in [-0.2, -0.15) is 0 Å². The Morgan fingerprint density at radius 1 is 1.43 bits per heavy atom. The molecule has 0 aliphatic heterocycles. The second kappa shape index (κ2) is 6.17. The predicted molar refractivity (Wildman–Crippen MR) is 60.2 cm³/mol. The van der Waals surface area contributed by atoms with Crippen molar-refractivity contribution < 1.29 is 9.84 Å². The smallest absolute Gasteiger partial charge is 0.143 e. The maximum Gasteiger partial charge on any atom is 0.143 e. The van der Waals surface area contributed by atoms with Crippen molar-refractivity contribution >= 4 is 15.9 Å². The van der Waals surface area contributed by atoms with Crippen LogP contribution in [0.2, 0.25) is 0 Å². The number of aliphatic hydroxyl groups is 1. The van der Waals surface area contributed by atoms with Crippen LogP contribution >= 0.6 is 15.9 Å². The quantitative estimate of drug-likeness (QED) is 0.650. The van der Waals surface area contributed by atoms with Crippen molar-refractivity contribution in [1.82, 2.24) is 0 Å². The van der Waals surface area contributed by atoms with Crippen molar-refractivity contribution in [2.24, 2.45) is 0 Å². The molecule has 2 nitrogen and oxygen atoms in total. The second-order valence-corrected chi connectivity index (χ2v) is 4.13. The number of aryl methyl sites for hydroxylation is 2. The molecule has 0 amide bonds. The average molecular weight is 259 g/mol. The van der Waals surface area contributed by atoms with E-state index in [4.69, 9.17) is 9.84 Å². The molecule has 3 heteroatoms. The molecule has 0 bridgehead atoms. The zero-order valence-corrected chi connectivity index (χ0v) is 9.88. The molecule has 0 aliphatic carbocycles. The molecule has 0 saturated heterocycles. The summed E-state index contributed by atoms with van der Waals surface area (Å²) in [7, 11) is 0. The van der Waals surface area contributed by atoms with Crippen molar-refractivity contribution in [3.63, 3.8) is 0 Å². The number of benzene rings is 1. The maximum atomic E-state index is 8.43. The third kappa shape index (κ3) is 3.78. The fourth-order valence-electron chi connectivity index (χ4n) is 1.34. The van der Waals surface area contributed by atoms with Gasteiger partial charge in [0.05, 0.1) is 0 Å². The molecule has 1 aromatic rings. The van der Waals surface area contributed by atoms with Gasteiger partial charge in [0.2, 0.25) is 0 Å². The highest BCUT2D eigenvalue weighted by Crippen LogP contribution is 2.17. The highest BCUT2D eigenvalue weighted by molar-refractivity contribution is 9.10. The molecule has 0 heterocycles. The average Bonchev–Trinajstić information content (AvgIpc) is 2.18. The highest BCUT2D eigenvalue weighted by atomic mass is 79.9. The van der Waals surface area contributed by atoms with Crippen LogP contribution in [0.4, 0.5) is 0 Å². The molecule has 0 spiro atoms. The van der Waals surface area contributed by atoms with Crippen LogP contribution in [0.1, 0.15) is 17.5 Å². The molecule has 1 aromatic carbocycles. The fraction of sp³-hybridized carbons (Fsp3) is 0.455. The molecule has 0 unspecified atom stereocenters. The summed E-state index contributed by atoms with van der Waals surface area (Å²) in [4.78, 5) is 0. The van der Waals surface area contributed by atoms with Crippen molar-refractivity contribution in [3.05, 3.63) is 33.8 Å². The first-order valence-electron chi connectivity index (χ1n) is 4.67. The lowest BCUT2D eigenvalue weighted by molar-refractivity contribution is -0.00209. The van der Waals surface area contributed by atoms with Crippen LogP contribution in [-0.4, -0.2) is 18.5 Å². The summed E-state index contributed by atoms with van der Waals surface area (Å²) >= 11 is 3.45. The molecule has 1 rings (SSSR count). The standard InChI is InChI=1S/C11H15BrO2/c1-9-4-5-11(12)7-10(9)3-2-6-14-8-13/h4-5,7,13H,2-3,6,8H2,1H3. The minimum Gasteiger partial charge on any atom is -0.371 e. The number of aliphatic hydroxyl groups excluding tert-OH is 1. The van der Waals surface area contributed by atoms with Gasteiger partial charge in [0.15, 0.2) is 0 Å². The van der Waals surface area contributed by atoms with Crippen LogP contribution in [0.5, 0.6) is 0 Å². The summed E-state index contributed by atoms with van der Waals surface area (Å²) in [6.45, 7) is 2.54. The fourth-order valence-corrected chi connectivity index (χ4v) is 1.75. The summed E-state index contributed by atoms with van der Waals surface area (Å²) in [5.74, 6) is 0. The minimum absolute atomic E-state index is 0.183. The molecule has 0 atom stereocenters. The van der Waals surface area contributed by atoms with Gasteiger partial charge in [-0.05, 0) is 43.0 Å². The summed E-state index contributed by atoms with van der Waals surface area (Å²) in [6.07, 6.45) is 1.93. The molecular weight excluding hydrogens is 244 g/mol. The van der Waals surface area contributed by atoms with Crippen LogP contribution in [0.3, 0.4) is 0 Å². The van der Waals surface area contributed by atoms with Crippen LogP contribution < -0.4 is 0 Å². The van der Waals surface area contributed by atoms with Gasteiger partial charge in [-0.1, -0.05) is 22.0 Å². The summed E-state index contributed by atoms with van der Waals surface area (Å²) in [5, 5.41) is 8.43. The van der Waals surface area contributed by atoms with Gasteiger partial charge in [-0.25, -0.2) is 0 Å². The van der Waals surface area contributed by atoms with E-state index in [1.54, 1.807) is 0 Å². The van der Waals surface area contributed by atoms with Gasteiger partial charge >= 0.3 is 0 Å². The number of ether oxygens (including phenoxy) is 1. The largest absolute Gasteiger partial charge is 0.371 e. The SMILES string of the molecule is Cc1ccc(Br)cc1CCCOCO. The molecule has 14 heavy (non-hydrogen) atoms. The maximum absolute atomic E-state index is 8.43. The number of hydrogen-bond donors (Lipinski definition) is 1. The van der Waals surface area contributed by atoms with Gasteiger partial charge in [0.1, 0.15) is 6.79 Å². The number of halogens is 1. The highest BCUT2D eigenvalue weighted by Gasteiger charge is 1.99. The molecule has 78 valence electrons. The van der Waals surface area contributed by atoms with Crippen LogP contribution in [-0.2, 0) is 11.2 Å². The molecule has 0 aromatic heterocycles. The Bertz CT molecular complexity index is 287. The lowest BCUT2D eigenvalue weighted by Gasteiger charge is -2.06. The zero-order valence-electron chi connectivity index (χ0n) is 8.29. The van der Waals surface area contributed by atoms with E-state index in [0.717, 1.165) is 17.3 Å². The van der Waals surface area contributed by atoms with Crippen molar-refractivity contribution in [2.45, 2.75) is 19.8 Å². The Morgan fingerprint density at radius 2 is 2.21 bits per heavy atom. The van der Waals surface area contributed by atoms with E-state index in [9.17, 15) is 0 Å². The summed E-state index contributed by atoms with van der Waals surface area (Å²) < 4.78 is 5.98. The summed E-state index contributed by atoms with van der Waals surface area (Å²) in [6, 6.07) is 6.28. The molecule has 0 radical (unpaired) electrons. The van der Waals surface area contributed by atoms with Gasteiger partial charge in [0.25, 0.3) is 0 Å². The van der Waals surface area contributed by atoms with Gasteiger partial charge in [-0.15, -0.1) is 0 Å². The normalized spacial score (nSPS) is 10.5. The lowest BCUT2D eigenvalue weighted by Crippen LogP contribution is -1.98. The van der Waals surface area contributed by atoms with Crippen LogP contribution in [0.15, 0.2) is 22.7 Å². The van der Waals surface area contributed by atoms with E-state index in [2.05, 4.69) is 35.0 Å². The van der Waals surface area contributed by atoms with Crippen LogP contribution in [0, 0.1) is 6.92 Å². The zero-order chi connectivity index (χ0) is 10.4. The van der Waals surface area contributed by atoms with E-state index >= 15 is 0 Å². The molecule has 0 saturated carbocycles. The van der Waals surface area contributed by atoms with Crippen LogP contribution in [0.25, 0.3) is 0 Å². The van der Waals surface area contributed by atoms with Crippen molar-refractivity contribution in [3.8, 4) is 0 Å². The monoisotopic (exact) mass is 258 g/mol. The van der Waals surface area contributed by atoms with Gasteiger partial charge in [-0.3, -0.25) is 0 Å². The third-order valence-electron chi connectivity index (χ3n) is 2.14. The Hall–Kier alpha value is -0.380. The van der Waals surface area contributed by atoms with Crippen molar-refractivity contribution in [2.75, 3.05) is 13.4 Å². The molecule has 0 fully saturated rings. The van der Waals surface area contributed by atoms with E-state index in [-0.39, 0.29) is 6.79 Å². The Balaban J connectivity index is 2.45. The lowest BCUT2D eigenvalue weighted by atomic mass is 10.0. The molecule has 1 N–H and O–H groups in total.